The summed E-state index contributed by atoms with van der Waals surface area (Å²) in [5, 5.41) is 2.66. The Morgan fingerprint density at radius 1 is 0.929 bits per heavy atom. The van der Waals surface area contributed by atoms with Gasteiger partial charge in [-0.1, -0.05) is 90.7 Å². The first-order valence-electron chi connectivity index (χ1n) is 8.80. The zero-order valence-electron chi connectivity index (χ0n) is 14.9. The molecule has 1 aliphatic rings. The summed E-state index contributed by atoms with van der Waals surface area (Å²) >= 11 is 6.37. The number of carbonyl (C=O) groups excluding carboxylic acids is 1. The third-order valence-electron chi connectivity index (χ3n) is 4.28. The minimum absolute atomic E-state index is 0.172. The van der Waals surface area contributed by atoms with Crippen molar-refractivity contribution in [3.63, 3.8) is 0 Å². The van der Waals surface area contributed by atoms with Gasteiger partial charge in [-0.15, -0.1) is 0 Å². The average molecular weight is 404 g/mol. The number of amides is 1. The highest BCUT2D eigenvalue weighted by Gasteiger charge is 2.22. The van der Waals surface area contributed by atoms with Crippen molar-refractivity contribution in [3.8, 4) is 16.9 Å². The van der Waals surface area contributed by atoms with E-state index in [1.165, 1.54) is 11.8 Å². The molecule has 4 rings (SSSR count). The van der Waals surface area contributed by atoms with Gasteiger partial charge in [-0.3, -0.25) is 4.79 Å². The number of nitrogens with one attached hydrogen (secondary N) is 1. The van der Waals surface area contributed by atoms with Crippen LogP contribution in [0.5, 0.6) is 5.75 Å². The van der Waals surface area contributed by atoms with Crippen LogP contribution < -0.4 is 10.1 Å². The number of rotatable bonds is 5. The number of carbonyl (C=O) groups is 1. The fraction of sp³-hybridized carbons (Fsp3) is 0.0435. The zero-order chi connectivity index (χ0) is 19.3. The van der Waals surface area contributed by atoms with Gasteiger partial charge in [0.2, 0.25) is 0 Å². The van der Waals surface area contributed by atoms with Crippen LogP contribution in [0.4, 0.5) is 0 Å². The van der Waals surface area contributed by atoms with Gasteiger partial charge < -0.3 is 10.1 Å². The first kappa shape index (κ1) is 18.5. The molecule has 3 aromatic carbocycles. The van der Waals surface area contributed by atoms with Crippen molar-refractivity contribution >= 4 is 40.3 Å². The molecular formula is C23H17NO2S2. The first-order chi connectivity index (χ1) is 13.7. The fourth-order valence-corrected chi connectivity index (χ4v) is 3.94. The van der Waals surface area contributed by atoms with Crippen LogP contribution in [0.1, 0.15) is 11.1 Å². The standard InChI is InChI=1S/C23H17NO2S2/c25-22-21(28-23(27)24-22)14-19-13-18(17-9-5-2-6-10-17)11-12-20(19)26-15-16-7-3-1-4-8-16/h1-14H,15H2,(H,24,25,27). The Hall–Kier alpha value is -2.89. The summed E-state index contributed by atoms with van der Waals surface area (Å²) in [5.74, 6) is 0.552. The van der Waals surface area contributed by atoms with Gasteiger partial charge in [-0.05, 0) is 34.9 Å². The van der Waals surface area contributed by atoms with Crippen LogP contribution in [0.15, 0.2) is 83.8 Å². The van der Waals surface area contributed by atoms with Crippen LogP contribution in [-0.2, 0) is 11.4 Å². The molecule has 1 N–H and O–H groups in total. The molecule has 0 unspecified atom stereocenters. The molecule has 0 saturated carbocycles. The van der Waals surface area contributed by atoms with Gasteiger partial charge >= 0.3 is 0 Å². The monoisotopic (exact) mass is 403 g/mol. The van der Waals surface area contributed by atoms with E-state index in [9.17, 15) is 4.79 Å². The van der Waals surface area contributed by atoms with Gasteiger partial charge in [-0.2, -0.15) is 0 Å². The molecule has 5 heteroatoms. The molecule has 1 aliphatic heterocycles. The predicted octanol–water partition coefficient (Wildman–Crippen LogP) is 5.42. The molecule has 1 heterocycles. The van der Waals surface area contributed by atoms with Crippen molar-refractivity contribution in [1.82, 2.24) is 5.32 Å². The van der Waals surface area contributed by atoms with E-state index in [1.54, 1.807) is 0 Å². The van der Waals surface area contributed by atoms with Gasteiger partial charge in [-0.25, -0.2) is 0 Å². The molecule has 3 aromatic rings. The Kier molecular flexibility index (Phi) is 5.55. The second-order valence-electron chi connectivity index (χ2n) is 6.25. The largest absolute Gasteiger partial charge is 0.488 e. The van der Waals surface area contributed by atoms with Crippen molar-refractivity contribution in [1.29, 1.82) is 0 Å². The molecule has 0 radical (unpaired) electrons. The Balaban J connectivity index is 1.69. The highest BCUT2D eigenvalue weighted by Crippen LogP contribution is 2.32. The number of thioether (sulfide) groups is 1. The van der Waals surface area contributed by atoms with Crippen molar-refractivity contribution in [3.05, 3.63) is 94.9 Å². The van der Waals surface area contributed by atoms with Crippen LogP contribution in [-0.4, -0.2) is 10.2 Å². The molecule has 1 saturated heterocycles. The maximum absolute atomic E-state index is 12.1. The van der Waals surface area contributed by atoms with Crippen molar-refractivity contribution in [2.75, 3.05) is 0 Å². The molecule has 0 aromatic heterocycles. The van der Waals surface area contributed by atoms with E-state index >= 15 is 0 Å². The number of thiocarbonyl (C=S) groups is 1. The molecule has 138 valence electrons. The van der Waals surface area contributed by atoms with Gasteiger partial charge in [0.25, 0.3) is 5.91 Å². The Morgan fingerprint density at radius 2 is 1.64 bits per heavy atom. The van der Waals surface area contributed by atoms with Crippen molar-refractivity contribution in [2.24, 2.45) is 0 Å². The predicted molar refractivity (Wildman–Crippen MR) is 119 cm³/mol. The number of hydrogen-bond acceptors (Lipinski definition) is 4. The summed E-state index contributed by atoms with van der Waals surface area (Å²) in [6, 6.07) is 26.1. The lowest BCUT2D eigenvalue weighted by Crippen LogP contribution is -2.17. The van der Waals surface area contributed by atoms with E-state index < -0.39 is 0 Å². The molecule has 1 fully saturated rings. The summed E-state index contributed by atoms with van der Waals surface area (Å²) in [5.41, 5.74) is 4.10. The van der Waals surface area contributed by atoms with Crippen molar-refractivity contribution in [2.45, 2.75) is 6.61 Å². The van der Waals surface area contributed by atoms with E-state index in [0.717, 1.165) is 28.0 Å². The van der Waals surface area contributed by atoms with Crippen LogP contribution >= 0.6 is 24.0 Å². The first-order valence-corrected chi connectivity index (χ1v) is 10.0. The summed E-state index contributed by atoms with van der Waals surface area (Å²) in [7, 11) is 0. The molecular weight excluding hydrogens is 386 g/mol. The average Bonchev–Trinajstić information content (AvgIpc) is 3.05. The lowest BCUT2D eigenvalue weighted by molar-refractivity contribution is -0.115. The van der Waals surface area contributed by atoms with Gasteiger partial charge in [0.1, 0.15) is 16.7 Å². The summed E-state index contributed by atoms with van der Waals surface area (Å²) in [6.45, 7) is 0.458. The van der Waals surface area contributed by atoms with Crippen LogP contribution in [0.2, 0.25) is 0 Å². The maximum Gasteiger partial charge on any atom is 0.263 e. The number of ether oxygens (including phenoxy) is 1. The van der Waals surface area contributed by atoms with Crippen molar-refractivity contribution < 1.29 is 9.53 Å². The topological polar surface area (TPSA) is 38.3 Å². The Labute approximate surface area is 173 Å². The maximum atomic E-state index is 12.1. The molecule has 3 nitrogen and oxygen atoms in total. The van der Waals surface area contributed by atoms with Crippen LogP contribution in [0, 0.1) is 0 Å². The lowest BCUT2D eigenvalue weighted by Gasteiger charge is -2.12. The van der Waals surface area contributed by atoms with Crippen LogP contribution in [0.3, 0.4) is 0 Å². The molecule has 28 heavy (non-hydrogen) atoms. The molecule has 0 spiro atoms. The smallest absolute Gasteiger partial charge is 0.263 e. The third-order valence-corrected chi connectivity index (χ3v) is 5.45. The van der Waals surface area contributed by atoms with Gasteiger partial charge in [0, 0.05) is 5.56 Å². The fourth-order valence-electron chi connectivity index (χ4n) is 2.90. The number of hydrogen-bond donors (Lipinski definition) is 1. The molecule has 0 atom stereocenters. The third kappa shape index (κ3) is 4.32. The lowest BCUT2D eigenvalue weighted by atomic mass is 10.0. The van der Waals surface area contributed by atoms with E-state index in [0.29, 0.717) is 15.8 Å². The minimum atomic E-state index is -0.172. The van der Waals surface area contributed by atoms with Gasteiger partial charge in [0.05, 0.1) is 4.91 Å². The second-order valence-corrected chi connectivity index (χ2v) is 7.96. The molecule has 0 aliphatic carbocycles. The Morgan fingerprint density at radius 3 is 2.32 bits per heavy atom. The molecule has 1 amide bonds. The normalized spacial score (nSPS) is 14.9. The van der Waals surface area contributed by atoms with E-state index in [2.05, 4.69) is 17.4 Å². The Bertz CT molecular complexity index is 1050. The van der Waals surface area contributed by atoms with Crippen LogP contribution in [0.25, 0.3) is 17.2 Å². The molecule has 0 bridgehead atoms. The SMILES string of the molecule is O=C1NC(=S)SC1=Cc1cc(-c2ccccc2)ccc1OCc1ccccc1. The summed E-state index contributed by atoms with van der Waals surface area (Å²) in [6.07, 6.45) is 1.84. The quantitative estimate of drug-likeness (QED) is 0.456. The van der Waals surface area contributed by atoms with E-state index in [1.807, 2.05) is 72.8 Å². The second kappa shape index (κ2) is 8.42. The number of benzene rings is 3. The van der Waals surface area contributed by atoms with E-state index in [-0.39, 0.29) is 5.91 Å². The summed E-state index contributed by atoms with van der Waals surface area (Å²) in [4.78, 5) is 12.7. The summed E-state index contributed by atoms with van der Waals surface area (Å²) < 4.78 is 6.54. The zero-order valence-corrected chi connectivity index (χ0v) is 16.6. The minimum Gasteiger partial charge on any atom is -0.488 e. The van der Waals surface area contributed by atoms with E-state index in [4.69, 9.17) is 17.0 Å². The highest BCUT2D eigenvalue weighted by atomic mass is 32.2. The highest BCUT2D eigenvalue weighted by molar-refractivity contribution is 8.26. The van der Waals surface area contributed by atoms with Gasteiger partial charge in [0.15, 0.2) is 0 Å².